The number of carbonyl (C=O) groups excluding carboxylic acids is 4. The largest absolute Gasteiger partial charge is 0.550 e. The van der Waals surface area contributed by atoms with E-state index in [4.69, 9.17) is 0 Å². The molecule has 0 fully saturated rings. The molecule has 0 aromatic carbocycles. The second kappa shape index (κ2) is 33.7. The quantitative estimate of drug-likeness (QED) is 0.0843. The van der Waals surface area contributed by atoms with Gasteiger partial charge in [-0.3, -0.25) is 9.59 Å². The number of nitrogens with zero attached hydrogens (tertiary/aromatic N) is 2. The molecule has 0 aliphatic carbocycles. The lowest BCUT2D eigenvalue weighted by molar-refractivity contribution is -0.307. The van der Waals surface area contributed by atoms with Gasteiger partial charge in [0.15, 0.2) is 0 Å². The highest BCUT2D eigenvalue weighted by molar-refractivity contribution is 5.84. The van der Waals surface area contributed by atoms with Crippen molar-refractivity contribution < 1.29 is 29.4 Å². The SMILES string of the molecule is CCCCCCCCCCCCN(CCC(=O)[O-])C(=O)CCC(=O)N(CCCCCCCCCCCC)CCC(=O)[O-].[NH4+].[NH4+]. The maximum absolute atomic E-state index is 12.9. The van der Waals surface area contributed by atoms with Crippen LogP contribution in [0, 0.1) is 0 Å². The van der Waals surface area contributed by atoms with Gasteiger partial charge >= 0.3 is 0 Å². The molecule has 0 spiro atoms. The fourth-order valence-corrected chi connectivity index (χ4v) is 5.29. The Hall–Kier alpha value is -2.20. The summed E-state index contributed by atoms with van der Waals surface area (Å²) in [5.74, 6) is -2.87. The average Bonchev–Trinajstić information content (AvgIpc) is 2.96. The third-order valence-corrected chi connectivity index (χ3v) is 7.99. The van der Waals surface area contributed by atoms with Crippen LogP contribution >= 0.6 is 0 Å². The molecular formula is C34H70N4O6. The Morgan fingerprint density at radius 2 is 0.636 bits per heavy atom. The molecule has 8 N–H and O–H groups in total. The van der Waals surface area contributed by atoms with E-state index in [1.807, 2.05) is 0 Å². The van der Waals surface area contributed by atoms with Crippen molar-refractivity contribution in [2.45, 2.75) is 168 Å². The summed E-state index contributed by atoms with van der Waals surface area (Å²) in [6, 6.07) is 0. The van der Waals surface area contributed by atoms with Crippen molar-refractivity contribution >= 4 is 23.8 Å². The summed E-state index contributed by atoms with van der Waals surface area (Å²) in [4.78, 5) is 51.0. The van der Waals surface area contributed by atoms with Crippen molar-refractivity contribution in [3.8, 4) is 0 Å². The van der Waals surface area contributed by atoms with E-state index in [0.717, 1.165) is 38.5 Å². The number of carbonyl (C=O) groups is 4. The first-order valence-electron chi connectivity index (χ1n) is 17.3. The van der Waals surface area contributed by atoms with Crippen molar-refractivity contribution in [2.75, 3.05) is 26.2 Å². The van der Waals surface area contributed by atoms with E-state index in [2.05, 4.69) is 13.8 Å². The van der Waals surface area contributed by atoms with Crippen LogP contribution in [0.1, 0.15) is 168 Å². The van der Waals surface area contributed by atoms with Crippen LogP contribution in [-0.2, 0) is 19.2 Å². The molecular weight excluding hydrogens is 560 g/mol. The molecule has 0 atom stereocenters. The Morgan fingerprint density at radius 1 is 0.386 bits per heavy atom. The summed E-state index contributed by atoms with van der Waals surface area (Å²) in [6.45, 7) is 5.55. The molecule has 2 amide bonds. The van der Waals surface area contributed by atoms with Gasteiger partial charge in [-0.1, -0.05) is 129 Å². The minimum absolute atomic E-state index is 0. The topological polar surface area (TPSA) is 194 Å². The van der Waals surface area contributed by atoms with Crippen molar-refractivity contribution in [1.82, 2.24) is 22.1 Å². The molecule has 10 nitrogen and oxygen atoms in total. The van der Waals surface area contributed by atoms with Crippen molar-refractivity contribution in [3.63, 3.8) is 0 Å². The Bertz CT molecular complexity index is 649. The number of rotatable bonds is 31. The van der Waals surface area contributed by atoms with Crippen molar-refractivity contribution in [1.29, 1.82) is 0 Å². The molecule has 0 unspecified atom stereocenters. The molecule has 0 rings (SSSR count). The van der Waals surface area contributed by atoms with Crippen LogP contribution < -0.4 is 22.5 Å². The smallest absolute Gasteiger partial charge is 0.223 e. The zero-order valence-electron chi connectivity index (χ0n) is 29.1. The Labute approximate surface area is 269 Å². The summed E-state index contributed by atoms with van der Waals surface area (Å²) in [5.41, 5.74) is 0. The van der Waals surface area contributed by atoms with Gasteiger partial charge in [-0.05, 0) is 12.8 Å². The van der Waals surface area contributed by atoms with E-state index >= 15 is 0 Å². The van der Waals surface area contributed by atoms with Gasteiger partial charge in [0, 0.05) is 63.8 Å². The van der Waals surface area contributed by atoms with Gasteiger partial charge in [-0.15, -0.1) is 0 Å². The van der Waals surface area contributed by atoms with Gasteiger partial charge in [0.25, 0.3) is 0 Å². The molecule has 0 saturated carbocycles. The highest BCUT2D eigenvalue weighted by Crippen LogP contribution is 2.13. The molecule has 0 heterocycles. The lowest BCUT2D eigenvalue weighted by Gasteiger charge is -2.25. The first kappa shape index (κ1) is 46.2. The minimum atomic E-state index is -1.20. The Kier molecular flexibility index (Phi) is 35.4. The maximum atomic E-state index is 12.9. The van der Waals surface area contributed by atoms with Gasteiger partial charge in [0.1, 0.15) is 0 Å². The van der Waals surface area contributed by atoms with Gasteiger partial charge in [-0.2, -0.15) is 0 Å². The van der Waals surface area contributed by atoms with Crippen LogP contribution in [0.2, 0.25) is 0 Å². The highest BCUT2D eigenvalue weighted by Gasteiger charge is 2.18. The summed E-state index contributed by atoms with van der Waals surface area (Å²) >= 11 is 0. The number of carboxylic acid groups (broad SMARTS) is 2. The van der Waals surface area contributed by atoms with Crippen LogP contribution in [0.5, 0.6) is 0 Å². The number of aliphatic carboxylic acids is 2. The Balaban J connectivity index is -0.00000840. The lowest BCUT2D eigenvalue weighted by Crippen LogP contribution is -2.39. The molecule has 0 aliphatic rings. The molecule has 0 aromatic heterocycles. The molecule has 44 heavy (non-hydrogen) atoms. The monoisotopic (exact) mass is 631 g/mol. The standard InChI is InChI=1S/C34H64N2O6.2H3N/c1-3-5-7-9-11-13-15-17-19-21-27-35(29-25-33(39)40)31(37)23-24-32(38)36(30-26-34(41)42)28-22-20-18-16-14-12-10-8-6-4-2;;/h3-30H2,1-2H3,(H,39,40)(H,41,42);2*1H3. The van der Waals surface area contributed by atoms with Crippen LogP contribution in [-0.4, -0.2) is 59.7 Å². The van der Waals surface area contributed by atoms with Gasteiger partial charge in [0.05, 0.1) is 0 Å². The molecule has 262 valence electrons. The van der Waals surface area contributed by atoms with E-state index in [1.54, 1.807) is 9.80 Å². The van der Waals surface area contributed by atoms with Crippen LogP contribution in [0.25, 0.3) is 0 Å². The fourth-order valence-electron chi connectivity index (χ4n) is 5.29. The van der Waals surface area contributed by atoms with Crippen LogP contribution in [0.4, 0.5) is 0 Å². The Morgan fingerprint density at radius 3 is 0.886 bits per heavy atom. The molecule has 0 saturated heterocycles. The zero-order chi connectivity index (χ0) is 31.3. The van der Waals surface area contributed by atoms with Gasteiger partial charge < -0.3 is 41.9 Å². The molecule has 10 heteroatoms. The van der Waals surface area contributed by atoms with E-state index < -0.39 is 11.9 Å². The first-order chi connectivity index (χ1) is 20.3. The molecule has 0 radical (unpaired) electrons. The van der Waals surface area contributed by atoms with Crippen molar-refractivity contribution in [2.24, 2.45) is 0 Å². The predicted octanol–water partition coefficient (Wildman–Crippen LogP) is 6.30. The molecule has 0 aliphatic heterocycles. The van der Waals surface area contributed by atoms with Crippen molar-refractivity contribution in [3.05, 3.63) is 0 Å². The van der Waals surface area contributed by atoms with Gasteiger partial charge in [-0.25, -0.2) is 0 Å². The lowest BCUT2D eigenvalue weighted by atomic mass is 10.1. The number of unbranched alkanes of at least 4 members (excludes halogenated alkanes) is 18. The summed E-state index contributed by atoms with van der Waals surface area (Å²) < 4.78 is 0. The summed E-state index contributed by atoms with van der Waals surface area (Å²) in [7, 11) is 0. The maximum Gasteiger partial charge on any atom is 0.223 e. The number of hydrogen-bond acceptors (Lipinski definition) is 6. The molecule has 0 aromatic rings. The highest BCUT2D eigenvalue weighted by atomic mass is 16.4. The minimum Gasteiger partial charge on any atom is -0.550 e. The fraction of sp³-hybridized carbons (Fsp3) is 0.882. The van der Waals surface area contributed by atoms with Gasteiger partial charge in [0.2, 0.25) is 11.8 Å². The zero-order valence-corrected chi connectivity index (χ0v) is 29.1. The summed E-state index contributed by atoms with van der Waals surface area (Å²) in [6.07, 6.45) is 23.0. The number of hydrogen-bond donors (Lipinski definition) is 2. The predicted molar refractivity (Wildman–Crippen MR) is 177 cm³/mol. The second-order valence-electron chi connectivity index (χ2n) is 11.9. The second-order valence-corrected chi connectivity index (χ2v) is 11.9. The van der Waals surface area contributed by atoms with Crippen LogP contribution in [0.15, 0.2) is 0 Å². The molecule has 0 bridgehead atoms. The van der Waals surface area contributed by atoms with E-state index in [0.29, 0.717) is 13.1 Å². The third-order valence-electron chi connectivity index (χ3n) is 7.99. The third kappa shape index (κ3) is 29.9. The van der Waals surface area contributed by atoms with E-state index in [1.165, 1.54) is 89.9 Å². The normalized spacial score (nSPS) is 10.5. The first-order valence-corrected chi connectivity index (χ1v) is 17.3. The van der Waals surface area contributed by atoms with Crippen LogP contribution in [0.3, 0.4) is 0 Å². The number of quaternary nitrogens is 2. The average molecular weight is 631 g/mol. The van der Waals surface area contributed by atoms with E-state index in [-0.39, 0.29) is 62.9 Å². The summed E-state index contributed by atoms with van der Waals surface area (Å²) in [5, 5.41) is 22.0. The van der Waals surface area contributed by atoms with E-state index in [9.17, 15) is 29.4 Å². The number of amides is 2. The number of carboxylic acids is 2.